The number of aryl methyl sites for hydroxylation is 1. The molecule has 1 N–H and O–H groups in total. The maximum atomic E-state index is 4.59. The minimum absolute atomic E-state index is 0.720. The van der Waals surface area contributed by atoms with Gasteiger partial charge in [0.05, 0.1) is 17.2 Å². The molecule has 152 valence electrons. The number of rotatable bonds is 6. The maximum Gasteiger partial charge on any atom is 0.194 e. The molecule has 0 bridgehead atoms. The van der Waals surface area contributed by atoms with Crippen LogP contribution in [0.3, 0.4) is 0 Å². The SMILES string of the molecule is CCN1CCN(c2cc(CNC(=NC)N(C)Cc3csc(C)n3)ccn2)CC1. The zero-order valence-corrected chi connectivity index (χ0v) is 18.2. The summed E-state index contributed by atoms with van der Waals surface area (Å²) in [6.45, 7) is 11.1. The van der Waals surface area contributed by atoms with Crippen molar-refractivity contribution in [2.75, 3.05) is 51.7 Å². The van der Waals surface area contributed by atoms with E-state index in [1.54, 1.807) is 11.3 Å². The molecule has 0 aromatic carbocycles. The number of guanidine groups is 1. The normalized spacial score (nSPS) is 15.7. The summed E-state index contributed by atoms with van der Waals surface area (Å²) in [5.41, 5.74) is 2.28. The largest absolute Gasteiger partial charge is 0.354 e. The molecule has 0 saturated carbocycles. The average Bonchev–Trinajstić information content (AvgIpc) is 3.13. The Labute approximate surface area is 172 Å². The van der Waals surface area contributed by atoms with Gasteiger partial charge in [-0.1, -0.05) is 6.92 Å². The van der Waals surface area contributed by atoms with E-state index >= 15 is 0 Å². The molecule has 0 amide bonds. The first kappa shape index (κ1) is 20.5. The Morgan fingerprint density at radius 2 is 2.11 bits per heavy atom. The summed E-state index contributed by atoms with van der Waals surface area (Å²) in [6.07, 6.45) is 1.91. The Morgan fingerprint density at radius 3 is 2.75 bits per heavy atom. The van der Waals surface area contributed by atoms with Gasteiger partial charge < -0.3 is 20.0 Å². The molecule has 3 rings (SSSR count). The summed E-state index contributed by atoms with van der Waals surface area (Å²) in [6, 6.07) is 4.25. The van der Waals surface area contributed by atoms with Crippen LogP contribution in [-0.2, 0) is 13.1 Å². The minimum atomic E-state index is 0.720. The highest BCUT2D eigenvalue weighted by Crippen LogP contribution is 2.15. The second-order valence-electron chi connectivity index (χ2n) is 7.06. The van der Waals surface area contributed by atoms with Gasteiger partial charge in [-0.2, -0.15) is 0 Å². The number of anilines is 1. The van der Waals surface area contributed by atoms with Crippen molar-refractivity contribution in [3.8, 4) is 0 Å². The van der Waals surface area contributed by atoms with Gasteiger partial charge in [0, 0.05) is 58.4 Å². The van der Waals surface area contributed by atoms with E-state index in [9.17, 15) is 0 Å². The molecule has 28 heavy (non-hydrogen) atoms. The molecule has 1 aliphatic rings. The summed E-state index contributed by atoms with van der Waals surface area (Å²) >= 11 is 1.68. The summed E-state index contributed by atoms with van der Waals surface area (Å²) < 4.78 is 0. The molecule has 1 fully saturated rings. The molecule has 0 unspecified atom stereocenters. The van der Waals surface area contributed by atoms with E-state index in [1.165, 1.54) is 5.56 Å². The van der Waals surface area contributed by atoms with Gasteiger partial charge in [0.25, 0.3) is 0 Å². The lowest BCUT2D eigenvalue weighted by molar-refractivity contribution is 0.270. The summed E-state index contributed by atoms with van der Waals surface area (Å²) in [7, 11) is 3.85. The van der Waals surface area contributed by atoms with E-state index in [-0.39, 0.29) is 0 Å². The predicted octanol–water partition coefficient (Wildman–Crippen LogP) is 2.20. The monoisotopic (exact) mass is 401 g/mol. The quantitative estimate of drug-likeness (QED) is 0.592. The van der Waals surface area contributed by atoms with Gasteiger partial charge in [-0.3, -0.25) is 4.99 Å². The zero-order chi connectivity index (χ0) is 19.9. The molecule has 2 aromatic heterocycles. The van der Waals surface area contributed by atoms with Crippen LogP contribution in [0.4, 0.5) is 5.82 Å². The highest BCUT2D eigenvalue weighted by molar-refractivity contribution is 7.09. The molecule has 1 aliphatic heterocycles. The van der Waals surface area contributed by atoms with Crippen molar-refractivity contribution in [2.24, 2.45) is 4.99 Å². The number of thiazole rings is 1. The Balaban J connectivity index is 1.56. The smallest absolute Gasteiger partial charge is 0.194 e. The van der Waals surface area contributed by atoms with Crippen LogP contribution in [0.15, 0.2) is 28.7 Å². The van der Waals surface area contributed by atoms with E-state index in [0.29, 0.717) is 0 Å². The van der Waals surface area contributed by atoms with E-state index in [0.717, 1.165) is 68.3 Å². The van der Waals surface area contributed by atoms with Crippen molar-refractivity contribution < 1.29 is 0 Å². The highest BCUT2D eigenvalue weighted by Gasteiger charge is 2.17. The van der Waals surface area contributed by atoms with Gasteiger partial charge in [-0.25, -0.2) is 9.97 Å². The number of aliphatic imine (C=N–C) groups is 1. The van der Waals surface area contributed by atoms with Gasteiger partial charge in [-0.15, -0.1) is 11.3 Å². The Bertz CT molecular complexity index is 780. The van der Waals surface area contributed by atoms with Crippen LogP contribution in [0.1, 0.15) is 23.2 Å². The fourth-order valence-electron chi connectivity index (χ4n) is 3.40. The van der Waals surface area contributed by atoms with Gasteiger partial charge in [0.15, 0.2) is 5.96 Å². The Kier molecular flexibility index (Phi) is 7.22. The highest BCUT2D eigenvalue weighted by atomic mass is 32.1. The summed E-state index contributed by atoms with van der Waals surface area (Å²) in [4.78, 5) is 20.5. The molecular formula is C20H31N7S. The number of pyridine rings is 1. The van der Waals surface area contributed by atoms with Crippen molar-refractivity contribution in [2.45, 2.75) is 26.9 Å². The fourth-order valence-corrected chi connectivity index (χ4v) is 4.01. The van der Waals surface area contributed by atoms with Crippen molar-refractivity contribution in [3.05, 3.63) is 40.0 Å². The Morgan fingerprint density at radius 1 is 1.32 bits per heavy atom. The lowest BCUT2D eigenvalue weighted by Crippen LogP contribution is -2.46. The second-order valence-corrected chi connectivity index (χ2v) is 8.12. The standard InChI is InChI=1S/C20H31N7S/c1-5-26-8-10-27(11-9-26)19-12-17(6-7-22-19)13-23-20(21-3)25(4)14-18-15-28-16(2)24-18/h6-7,12,15H,5,8-11,13-14H2,1-4H3,(H,21,23). The minimum Gasteiger partial charge on any atom is -0.354 e. The van der Waals surface area contributed by atoms with Crippen molar-refractivity contribution in [3.63, 3.8) is 0 Å². The molecule has 0 aliphatic carbocycles. The van der Waals surface area contributed by atoms with Crippen LogP contribution in [0.2, 0.25) is 0 Å². The third-order valence-electron chi connectivity index (χ3n) is 5.04. The first-order valence-electron chi connectivity index (χ1n) is 9.84. The van der Waals surface area contributed by atoms with Crippen molar-refractivity contribution in [1.82, 2.24) is 25.1 Å². The molecule has 0 atom stereocenters. The lowest BCUT2D eigenvalue weighted by Gasteiger charge is -2.34. The first-order chi connectivity index (χ1) is 13.6. The fraction of sp³-hybridized carbons (Fsp3) is 0.550. The molecule has 0 radical (unpaired) electrons. The lowest BCUT2D eigenvalue weighted by atomic mass is 10.2. The van der Waals surface area contributed by atoms with Crippen LogP contribution in [-0.4, -0.2) is 72.5 Å². The van der Waals surface area contributed by atoms with E-state index in [4.69, 9.17) is 0 Å². The Hall–Kier alpha value is -2.19. The van der Waals surface area contributed by atoms with Crippen LogP contribution >= 0.6 is 11.3 Å². The molecule has 8 heteroatoms. The first-order valence-corrected chi connectivity index (χ1v) is 10.7. The second kappa shape index (κ2) is 9.84. The number of aromatic nitrogens is 2. The van der Waals surface area contributed by atoms with E-state index in [1.807, 2.05) is 27.2 Å². The number of piperazine rings is 1. The number of hydrogen-bond acceptors (Lipinski definition) is 6. The molecule has 7 nitrogen and oxygen atoms in total. The van der Waals surface area contributed by atoms with Gasteiger partial charge >= 0.3 is 0 Å². The summed E-state index contributed by atoms with van der Waals surface area (Å²) in [5, 5.41) is 6.65. The van der Waals surface area contributed by atoms with E-state index < -0.39 is 0 Å². The van der Waals surface area contributed by atoms with Crippen LogP contribution in [0.25, 0.3) is 0 Å². The predicted molar refractivity (Wildman–Crippen MR) is 117 cm³/mol. The maximum absolute atomic E-state index is 4.59. The molecule has 2 aromatic rings. The van der Waals surface area contributed by atoms with Crippen molar-refractivity contribution >= 4 is 23.1 Å². The molecule has 0 spiro atoms. The third-order valence-corrected chi connectivity index (χ3v) is 5.87. The van der Waals surface area contributed by atoms with Crippen LogP contribution < -0.4 is 10.2 Å². The number of hydrogen-bond donors (Lipinski definition) is 1. The molecular weight excluding hydrogens is 370 g/mol. The van der Waals surface area contributed by atoms with E-state index in [2.05, 4.69) is 59.4 Å². The molecule has 1 saturated heterocycles. The zero-order valence-electron chi connectivity index (χ0n) is 17.4. The number of nitrogens with zero attached hydrogens (tertiary/aromatic N) is 6. The summed E-state index contributed by atoms with van der Waals surface area (Å²) in [5.74, 6) is 1.93. The van der Waals surface area contributed by atoms with Crippen molar-refractivity contribution in [1.29, 1.82) is 0 Å². The van der Waals surface area contributed by atoms with Crippen LogP contribution in [0, 0.1) is 6.92 Å². The third kappa shape index (κ3) is 5.42. The van der Waals surface area contributed by atoms with Crippen LogP contribution in [0.5, 0.6) is 0 Å². The number of nitrogens with one attached hydrogen (secondary N) is 1. The topological polar surface area (TPSA) is 59.9 Å². The average molecular weight is 402 g/mol. The number of likely N-dealkylation sites (N-methyl/N-ethyl adjacent to an activating group) is 1. The van der Waals surface area contributed by atoms with Gasteiger partial charge in [-0.05, 0) is 31.2 Å². The van der Waals surface area contributed by atoms with Gasteiger partial charge in [0.1, 0.15) is 5.82 Å². The van der Waals surface area contributed by atoms with Gasteiger partial charge in [0.2, 0.25) is 0 Å². The molecule has 3 heterocycles.